The van der Waals surface area contributed by atoms with Gasteiger partial charge in [0.2, 0.25) is 0 Å². The van der Waals surface area contributed by atoms with Crippen LogP contribution in [0.1, 0.15) is 22.2 Å². The molecule has 6 heteroatoms. The average Bonchev–Trinajstić information content (AvgIpc) is 2.68. The van der Waals surface area contributed by atoms with Gasteiger partial charge in [0, 0.05) is 11.4 Å². The van der Waals surface area contributed by atoms with Gasteiger partial charge in [-0.05, 0) is 36.2 Å². The zero-order valence-corrected chi connectivity index (χ0v) is 10.6. The zero-order valence-electron chi connectivity index (χ0n) is 9.02. The van der Waals surface area contributed by atoms with E-state index in [1.165, 1.54) is 6.07 Å². The lowest BCUT2D eigenvalue weighted by molar-refractivity contribution is 0.180. The van der Waals surface area contributed by atoms with E-state index < -0.39 is 11.9 Å². The van der Waals surface area contributed by atoms with Crippen LogP contribution in [0.25, 0.3) is 0 Å². The van der Waals surface area contributed by atoms with Crippen molar-refractivity contribution < 1.29 is 9.50 Å². The number of aromatic nitrogens is 2. The second-order valence-corrected chi connectivity index (χ2v) is 4.90. The molecule has 0 saturated heterocycles. The maximum absolute atomic E-state index is 13.5. The van der Waals surface area contributed by atoms with Crippen molar-refractivity contribution in [2.24, 2.45) is 0 Å². The fourth-order valence-electron chi connectivity index (χ4n) is 1.53. The first kappa shape index (κ1) is 12.4. The third-order valence-electron chi connectivity index (χ3n) is 2.42. The van der Waals surface area contributed by atoms with Crippen LogP contribution in [0.2, 0.25) is 5.02 Å². The number of hydrogen-bond donors (Lipinski definition) is 1. The van der Waals surface area contributed by atoms with Gasteiger partial charge in [-0.2, -0.15) is 0 Å². The van der Waals surface area contributed by atoms with Crippen LogP contribution in [0.5, 0.6) is 0 Å². The molecule has 0 aliphatic heterocycles. The maximum atomic E-state index is 13.5. The number of benzene rings is 1. The molecule has 0 spiro atoms. The summed E-state index contributed by atoms with van der Waals surface area (Å²) in [6.45, 7) is 1.76. The predicted molar refractivity (Wildman–Crippen MR) is 64.7 cm³/mol. The summed E-state index contributed by atoms with van der Waals surface area (Å²) in [5, 5.41) is 14.1. The molecule has 2 aromatic rings. The van der Waals surface area contributed by atoms with Gasteiger partial charge in [0.25, 0.3) is 0 Å². The number of aliphatic hydroxyl groups is 1. The predicted octanol–water partition coefficient (Wildman–Crippen LogP) is 2.92. The summed E-state index contributed by atoms with van der Waals surface area (Å²) in [6.07, 6.45) is -0.598. The summed E-state index contributed by atoms with van der Waals surface area (Å²) >= 11 is 6.78. The number of aryl methyl sites for hydroxylation is 1. The molecule has 2 rings (SSSR count). The van der Waals surface area contributed by atoms with E-state index in [1.807, 2.05) is 0 Å². The van der Waals surface area contributed by atoms with Crippen LogP contribution in [-0.4, -0.2) is 14.7 Å². The Morgan fingerprint density at radius 3 is 2.88 bits per heavy atom. The van der Waals surface area contributed by atoms with E-state index in [9.17, 15) is 9.50 Å². The normalized spacial score (nSPS) is 12.7. The lowest BCUT2D eigenvalue weighted by atomic mass is 10.1. The van der Waals surface area contributed by atoms with Crippen molar-refractivity contribution in [1.29, 1.82) is 0 Å². The van der Waals surface area contributed by atoms with Crippen LogP contribution >= 0.6 is 23.1 Å². The van der Waals surface area contributed by atoms with Crippen molar-refractivity contribution in [1.82, 2.24) is 9.59 Å². The third kappa shape index (κ3) is 2.80. The highest BCUT2D eigenvalue weighted by molar-refractivity contribution is 7.05. The molecule has 0 aliphatic rings. The van der Waals surface area contributed by atoms with Crippen LogP contribution in [0.15, 0.2) is 18.2 Å². The number of aliphatic hydroxyl groups excluding tert-OH is 1. The smallest absolute Gasteiger partial charge is 0.127 e. The molecule has 90 valence electrons. The van der Waals surface area contributed by atoms with Gasteiger partial charge < -0.3 is 5.11 Å². The van der Waals surface area contributed by atoms with Crippen LogP contribution in [0.3, 0.4) is 0 Å². The number of nitrogens with zero attached hydrogens (tertiary/aromatic N) is 2. The molecule has 0 aliphatic carbocycles. The average molecular weight is 273 g/mol. The van der Waals surface area contributed by atoms with Crippen LogP contribution in [-0.2, 0) is 6.42 Å². The molecule has 0 amide bonds. The monoisotopic (exact) mass is 272 g/mol. The van der Waals surface area contributed by atoms with Crippen molar-refractivity contribution in [3.05, 3.63) is 45.2 Å². The maximum Gasteiger partial charge on any atom is 0.127 e. The van der Waals surface area contributed by atoms with Gasteiger partial charge in [0.1, 0.15) is 5.82 Å². The Morgan fingerprint density at radius 2 is 2.29 bits per heavy atom. The summed E-state index contributed by atoms with van der Waals surface area (Å²) in [7, 11) is 0. The van der Waals surface area contributed by atoms with Crippen molar-refractivity contribution >= 4 is 23.1 Å². The van der Waals surface area contributed by atoms with Gasteiger partial charge in [0.15, 0.2) is 0 Å². The van der Waals surface area contributed by atoms with Gasteiger partial charge in [-0.25, -0.2) is 4.39 Å². The fraction of sp³-hybridized carbons (Fsp3) is 0.273. The number of hydrogen-bond acceptors (Lipinski definition) is 4. The van der Waals surface area contributed by atoms with Gasteiger partial charge in [-0.15, -0.1) is 5.10 Å². The quantitative estimate of drug-likeness (QED) is 0.934. The lowest BCUT2D eigenvalue weighted by Crippen LogP contribution is -2.03. The Bertz CT molecular complexity index is 532. The number of halogens is 2. The number of rotatable bonds is 3. The summed E-state index contributed by atoms with van der Waals surface area (Å²) in [4.78, 5) is 0.666. The van der Waals surface area contributed by atoms with Crippen LogP contribution in [0, 0.1) is 12.7 Å². The minimum atomic E-state index is -0.786. The molecular weight excluding hydrogens is 263 g/mol. The lowest BCUT2D eigenvalue weighted by Gasteiger charge is -2.09. The van der Waals surface area contributed by atoms with Crippen LogP contribution in [0.4, 0.5) is 4.39 Å². The summed E-state index contributed by atoms with van der Waals surface area (Å²) in [5.41, 5.74) is 1.10. The Hall–Kier alpha value is -1.04. The minimum Gasteiger partial charge on any atom is -0.387 e. The van der Waals surface area contributed by atoms with E-state index in [1.54, 1.807) is 19.1 Å². The summed E-state index contributed by atoms with van der Waals surface area (Å²) in [5.74, 6) is -0.410. The minimum absolute atomic E-state index is 0.188. The first-order chi connectivity index (χ1) is 8.08. The Balaban J connectivity index is 2.19. The molecule has 1 unspecified atom stereocenters. The van der Waals surface area contributed by atoms with Crippen molar-refractivity contribution in [2.75, 3.05) is 0 Å². The SMILES string of the molecule is Cc1nnsc1C(O)Cc1ccc(Cl)cc1F. The fourth-order valence-corrected chi connectivity index (χ4v) is 2.32. The molecule has 3 nitrogen and oxygen atoms in total. The zero-order chi connectivity index (χ0) is 12.4. The first-order valence-electron chi connectivity index (χ1n) is 4.98. The molecule has 1 aromatic carbocycles. The third-order valence-corrected chi connectivity index (χ3v) is 3.58. The Morgan fingerprint density at radius 1 is 1.53 bits per heavy atom. The van der Waals surface area contributed by atoms with E-state index in [4.69, 9.17) is 11.6 Å². The van der Waals surface area contributed by atoms with Crippen LogP contribution < -0.4 is 0 Å². The molecule has 1 aromatic heterocycles. The van der Waals surface area contributed by atoms with Crippen molar-refractivity contribution in [3.63, 3.8) is 0 Å². The second kappa shape index (κ2) is 5.08. The summed E-state index contributed by atoms with van der Waals surface area (Å²) < 4.78 is 17.3. The Labute approximate surface area is 107 Å². The molecule has 1 atom stereocenters. The van der Waals surface area contributed by atoms with E-state index in [0.717, 1.165) is 11.5 Å². The van der Waals surface area contributed by atoms with E-state index >= 15 is 0 Å². The molecule has 0 fully saturated rings. The van der Waals surface area contributed by atoms with E-state index in [2.05, 4.69) is 9.59 Å². The topological polar surface area (TPSA) is 46.0 Å². The molecule has 0 bridgehead atoms. The second-order valence-electron chi connectivity index (χ2n) is 3.68. The molecule has 17 heavy (non-hydrogen) atoms. The van der Waals surface area contributed by atoms with Crippen molar-refractivity contribution in [3.8, 4) is 0 Å². The van der Waals surface area contributed by atoms with Gasteiger partial charge in [-0.1, -0.05) is 22.2 Å². The van der Waals surface area contributed by atoms with Gasteiger partial charge in [0.05, 0.1) is 16.7 Å². The standard InChI is InChI=1S/C11H10ClFN2OS/c1-6-11(17-15-14-6)10(16)4-7-2-3-8(12)5-9(7)13/h2-3,5,10,16H,4H2,1H3. The highest BCUT2D eigenvalue weighted by Crippen LogP contribution is 2.25. The van der Waals surface area contributed by atoms with E-state index in [-0.39, 0.29) is 6.42 Å². The summed E-state index contributed by atoms with van der Waals surface area (Å²) in [6, 6.07) is 4.41. The molecule has 0 saturated carbocycles. The highest BCUT2D eigenvalue weighted by atomic mass is 35.5. The molecular formula is C11H10ClFN2OS. The van der Waals surface area contributed by atoms with E-state index in [0.29, 0.717) is 21.2 Å². The van der Waals surface area contributed by atoms with Gasteiger partial charge >= 0.3 is 0 Å². The molecule has 0 radical (unpaired) electrons. The molecule has 1 N–H and O–H groups in total. The Kier molecular flexibility index (Phi) is 3.71. The van der Waals surface area contributed by atoms with Gasteiger partial charge in [-0.3, -0.25) is 0 Å². The largest absolute Gasteiger partial charge is 0.387 e. The molecule has 1 heterocycles. The first-order valence-corrected chi connectivity index (χ1v) is 6.14. The highest BCUT2D eigenvalue weighted by Gasteiger charge is 2.16. The van der Waals surface area contributed by atoms with Crippen molar-refractivity contribution in [2.45, 2.75) is 19.4 Å².